The number of primary amides is 1. The van der Waals surface area contributed by atoms with Gasteiger partial charge in [0.05, 0.1) is 0 Å². The summed E-state index contributed by atoms with van der Waals surface area (Å²) in [7, 11) is -2.30. The van der Waals surface area contributed by atoms with Crippen molar-refractivity contribution < 1.29 is 35.9 Å². The molecule has 2 heterocycles. The van der Waals surface area contributed by atoms with Crippen LogP contribution in [0.1, 0.15) is 35.1 Å². The lowest BCUT2D eigenvalue weighted by Gasteiger charge is -2.34. The molecule has 2 aromatic rings. The van der Waals surface area contributed by atoms with E-state index in [1.807, 2.05) is 0 Å². The molecule has 3 N–H and O–H groups in total. The maximum absolute atomic E-state index is 13.1. The van der Waals surface area contributed by atoms with E-state index in [2.05, 4.69) is 15.0 Å². The minimum Gasteiger partial charge on any atom is -0.406 e. The second kappa shape index (κ2) is 10.6. The van der Waals surface area contributed by atoms with E-state index < -0.39 is 39.6 Å². The number of aliphatic imine (C=N–C) groups is 1. The van der Waals surface area contributed by atoms with Gasteiger partial charge in [-0.05, 0) is 73.7 Å². The monoisotopic (exact) mass is 579 g/mol. The number of hydrogen-bond acceptors (Lipinski definition) is 6. The van der Waals surface area contributed by atoms with Crippen molar-refractivity contribution in [3.8, 4) is 5.75 Å². The molecule has 0 aliphatic carbocycles. The number of alkyl halides is 3. The number of urea groups is 1. The third-order valence-corrected chi connectivity index (χ3v) is 8.50. The van der Waals surface area contributed by atoms with E-state index in [1.54, 1.807) is 26.0 Å². The van der Waals surface area contributed by atoms with Gasteiger partial charge in [0, 0.05) is 36.8 Å². The number of nitrogens with two attached hydrogens (primary N) is 1. The van der Waals surface area contributed by atoms with Crippen molar-refractivity contribution in [3.05, 3.63) is 64.1 Å². The molecule has 1 fully saturated rings. The number of nitrogens with zero attached hydrogens (tertiary/aromatic N) is 3. The Kier molecular flexibility index (Phi) is 7.69. The van der Waals surface area contributed by atoms with Gasteiger partial charge in [0.15, 0.2) is 0 Å². The van der Waals surface area contributed by atoms with Crippen LogP contribution in [0.15, 0.2) is 46.8 Å². The molecule has 214 valence electrons. The summed E-state index contributed by atoms with van der Waals surface area (Å²) in [6.45, 7) is 3.63. The molecular weight excluding hydrogens is 551 g/mol. The number of piperidine rings is 1. The average molecular weight is 580 g/mol. The maximum atomic E-state index is 13.1. The minimum absolute atomic E-state index is 0.0222. The number of anilines is 1. The van der Waals surface area contributed by atoms with E-state index in [4.69, 9.17) is 5.73 Å². The van der Waals surface area contributed by atoms with Crippen LogP contribution in [-0.2, 0) is 14.8 Å². The molecule has 2 aromatic carbocycles. The van der Waals surface area contributed by atoms with E-state index in [1.165, 1.54) is 34.5 Å². The summed E-state index contributed by atoms with van der Waals surface area (Å²) in [6.07, 6.45) is -3.18. The normalized spacial score (nSPS) is 17.6. The molecule has 0 unspecified atom stereocenters. The summed E-state index contributed by atoms with van der Waals surface area (Å²) in [5, 5.41) is 3.72. The Balaban J connectivity index is 1.48. The lowest BCUT2D eigenvalue weighted by Crippen LogP contribution is -2.50. The number of carbonyl (C=O) groups is 2. The SMILES string of the molecule is Cc1cc(N(C)C(N)=O)cc(C)c1C=CS(=O)(=O)N1CCC2(CC1)N=C(c1cccc(OC(F)(F)F)c1)NC2=O. The topological polar surface area (TPSA) is 134 Å². The predicted molar refractivity (Wildman–Crippen MR) is 143 cm³/mol. The van der Waals surface area contributed by atoms with Crippen molar-refractivity contribution in [2.24, 2.45) is 10.7 Å². The van der Waals surface area contributed by atoms with E-state index in [-0.39, 0.29) is 37.3 Å². The van der Waals surface area contributed by atoms with Crippen LogP contribution in [0, 0.1) is 13.8 Å². The fourth-order valence-corrected chi connectivity index (χ4v) is 5.89. The fraction of sp³-hybridized carbons (Fsp3) is 0.346. The summed E-state index contributed by atoms with van der Waals surface area (Å²) in [4.78, 5) is 30.1. The molecule has 1 saturated heterocycles. The smallest absolute Gasteiger partial charge is 0.406 e. The second-order valence-electron chi connectivity index (χ2n) is 9.66. The molecule has 4 rings (SSSR count). The summed E-state index contributed by atoms with van der Waals surface area (Å²) in [5.41, 5.74) is 7.12. The summed E-state index contributed by atoms with van der Waals surface area (Å²) in [5.74, 6) is -0.787. The van der Waals surface area contributed by atoms with Crippen LogP contribution in [0.2, 0.25) is 0 Å². The highest BCUT2D eigenvalue weighted by molar-refractivity contribution is 7.92. The van der Waals surface area contributed by atoms with Gasteiger partial charge in [-0.1, -0.05) is 12.1 Å². The van der Waals surface area contributed by atoms with Gasteiger partial charge in [-0.3, -0.25) is 14.7 Å². The fourth-order valence-electron chi connectivity index (χ4n) is 4.72. The maximum Gasteiger partial charge on any atom is 0.573 e. The van der Waals surface area contributed by atoms with Crippen LogP contribution in [0.4, 0.5) is 23.7 Å². The molecular formula is C26H28F3N5O5S. The van der Waals surface area contributed by atoms with E-state index in [9.17, 15) is 31.2 Å². The third-order valence-electron chi connectivity index (χ3n) is 6.93. The molecule has 0 bridgehead atoms. The van der Waals surface area contributed by atoms with Crippen LogP contribution in [0.3, 0.4) is 0 Å². The Morgan fingerprint density at radius 1 is 1.18 bits per heavy atom. The number of hydrogen-bond donors (Lipinski definition) is 2. The number of rotatable bonds is 6. The van der Waals surface area contributed by atoms with E-state index in [0.29, 0.717) is 11.3 Å². The van der Waals surface area contributed by atoms with Gasteiger partial charge in [0.25, 0.3) is 5.91 Å². The highest BCUT2D eigenvalue weighted by Crippen LogP contribution is 2.33. The minimum atomic E-state index is -4.87. The molecule has 10 nitrogen and oxygen atoms in total. The standard InChI is InChI=1S/C26H28F3N5O5S/c1-16-13-19(33(3)24(30)36)14-17(2)21(16)7-12-40(37,38)34-10-8-25(9-11-34)23(35)31-22(32-25)18-5-4-6-20(15-18)39-26(27,28)29/h4-7,12-15H,8-11H2,1-3H3,(H2,30,36)(H,31,32,35). The third kappa shape index (κ3) is 6.12. The predicted octanol–water partition coefficient (Wildman–Crippen LogP) is 3.43. The van der Waals surface area contributed by atoms with Gasteiger partial charge in [-0.25, -0.2) is 13.2 Å². The number of amides is 3. The van der Waals surface area contributed by atoms with Crippen molar-refractivity contribution in [2.75, 3.05) is 25.0 Å². The van der Waals surface area contributed by atoms with Crippen LogP contribution in [0.25, 0.3) is 6.08 Å². The lowest BCUT2D eigenvalue weighted by molar-refractivity contribution is -0.274. The zero-order chi connectivity index (χ0) is 29.5. The Morgan fingerprint density at radius 3 is 2.38 bits per heavy atom. The number of aryl methyl sites for hydroxylation is 2. The zero-order valence-corrected chi connectivity index (χ0v) is 22.8. The number of ether oxygens (including phenoxy) is 1. The molecule has 0 saturated carbocycles. The molecule has 0 atom stereocenters. The average Bonchev–Trinajstić information content (AvgIpc) is 3.17. The summed E-state index contributed by atoms with van der Waals surface area (Å²) in [6, 6.07) is 7.95. The number of nitrogens with one attached hydrogen (secondary N) is 1. The largest absolute Gasteiger partial charge is 0.573 e. The van der Waals surface area contributed by atoms with E-state index in [0.717, 1.165) is 28.7 Å². The molecule has 40 heavy (non-hydrogen) atoms. The number of carbonyl (C=O) groups excluding carboxylic acids is 2. The van der Waals surface area contributed by atoms with Crippen LogP contribution in [0.5, 0.6) is 5.75 Å². The first-order valence-electron chi connectivity index (χ1n) is 12.2. The first-order chi connectivity index (χ1) is 18.6. The van der Waals surface area contributed by atoms with Crippen LogP contribution >= 0.6 is 0 Å². The number of amidine groups is 1. The van der Waals surface area contributed by atoms with Gasteiger partial charge >= 0.3 is 12.4 Å². The Bertz CT molecular complexity index is 1490. The van der Waals surface area contributed by atoms with Gasteiger partial charge < -0.3 is 15.8 Å². The Hall–Kier alpha value is -3.91. The van der Waals surface area contributed by atoms with E-state index >= 15 is 0 Å². The van der Waals surface area contributed by atoms with Crippen molar-refractivity contribution in [2.45, 2.75) is 38.6 Å². The first-order valence-corrected chi connectivity index (χ1v) is 13.7. The quantitative estimate of drug-likeness (QED) is 0.541. The van der Waals surface area contributed by atoms with Gasteiger partial charge in [-0.15, -0.1) is 13.2 Å². The molecule has 0 radical (unpaired) electrons. The van der Waals surface area contributed by atoms with Crippen LogP contribution in [-0.4, -0.2) is 62.5 Å². The van der Waals surface area contributed by atoms with Gasteiger partial charge in [-0.2, -0.15) is 4.31 Å². The van der Waals surface area contributed by atoms with Crippen molar-refractivity contribution in [3.63, 3.8) is 0 Å². The molecule has 2 aliphatic heterocycles. The number of sulfonamides is 1. The summed E-state index contributed by atoms with van der Waals surface area (Å²) >= 11 is 0. The van der Waals surface area contributed by atoms with Crippen molar-refractivity contribution in [1.82, 2.24) is 9.62 Å². The second-order valence-corrected chi connectivity index (χ2v) is 11.5. The van der Waals surface area contributed by atoms with Gasteiger partial charge in [0.1, 0.15) is 17.1 Å². The highest BCUT2D eigenvalue weighted by atomic mass is 32.2. The molecule has 1 spiro atoms. The van der Waals surface area contributed by atoms with Crippen molar-refractivity contribution >= 4 is 39.6 Å². The first kappa shape index (κ1) is 29.1. The molecule has 0 aromatic heterocycles. The summed E-state index contributed by atoms with van der Waals surface area (Å²) < 4.78 is 69.2. The number of benzene rings is 2. The highest BCUT2D eigenvalue weighted by Gasteiger charge is 2.47. The van der Waals surface area contributed by atoms with Crippen molar-refractivity contribution in [1.29, 1.82) is 0 Å². The van der Waals surface area contributed by atoms with Crippen LogP contribution < -0.4 is 20.7 Å². The Labute approximate surface area is 229 Å². The van der Waals surface area contributed by atoms with Gasteiger partial charge in [0.2, 0.25) is 10.0 Å². The zero-order valence-electron chi connectivity index (χ0n) is 21.9. The molecule has 2 aliphatic rings. The lowest BCUT2D eigenvalue weighted by atomic mass is 9.89. The molecule has 14 heteroatoms. The Morgan fingerprint density at radius 2 is 1.80 bits per heavy atom. The molecule has 3 amide bonds. The number of halogens is 3.